The van der Waals surface area contributed by atoms with Crippen molar-refractivity contribution in [2.45, 2.75) is 4.90 Å². The van der Waals surface area contributed by atoms with Crippen molar-refractivity contribution < 1.29 is 27.4 Å². The van der Waals surface area contributed by atoms with Crippen molar-refractivity contribution in [2.24, 2.45) is 0 Å². The van der Waals surface area contributed by atoms with Crippen LogP contribution < -0.4 is 9.47 Å². The lowest BCUT2D eigenvalue weighted by Crippen LogP contribution is -2.18. The largest absolute Gasteiger partial charge is 0.486 e. The molecule has 1 heterocycles. The van der Waals surface area contributed by atoms with Crippen LogP contribution in [0.4, 0.5) is 0 Å². The van der Waals surface area contributed by atoms with Gasteiger partial charge in [-0.05, 0) is 12.1 Å². The number of benzene rings is 1. The standard InChI is InChI=1S/C10H9ClO6S/c1-15-10(12)6-4-7-9(17-3-2-16-7)8(5-6)18(11,13)14/h4-5H,2-3H2,1H3. The molecule has 98 valence electrons. The summed E-state index contributed by atoms with van der Waals surface area (Å²) in [6.45, 7) is 0.476. The number of ether oxygens (including phenoxy) is 3. The number of esters is 1. The van der Waals surface area contributed by atoms with Crippen LogP contribution in [0, 0.1) is 0 Å². The Kier molecular flexibility index (Phi) is 3.36. The molecule has 0 N–H and O–H groups in total. The summed E-state index contributed by atoms with van der Waals surface area (Å²) in [7, 11) is 2.44. The molecule has 0 unspecified atom stereocenters. The van der Waals surface area contributed by atoms with Gasteiger partial charge in [0.2, 0.25) is 0 Å². The molecule has 0 aliphatic carbocycles. The second-order valence-corrected chi connectivity index (χ2v) is 5.96. The average Bonchev–Trinajstić information content (AvgIpc) is 2.35. The normalized spacial score (nSPS) is 14.1. The van der Waals surface area contributed by atoms with E-state index < -0.39 is 15.0 Å². The van der Waals surface area contributed by atoms with Crippen molar-refractivity contribution in [1.82, 2.24) is 0 Å². The van der Waals surface area contributed by atoms with E-state index in [4.69, 9.17) is 20.2 Å². The second kappa shape index (κ2) is 4.66. The third kappa shape index (κ3) is 2.37. The number of hydrogen-bond acceptors (Lipinski definition) is 6. The van der Waals surface area contributed by atoms with Gasteiger partial charge in [0, 0.05) is 10.7 Å². The van der Waals surface area contributed by atoms with E-state index in [1.807, 2.05) is 0 Å². The van der Waals surface area contributed by atoms with Gasteiger partial charge in [-0.15, -0.1) is 0 Å². The molecule has 1 aliphatic rings. The lowest BCUT2D eigenvalue weighted by atomic mass is 10.2. The molecule has 18 heavy (non-hydrogen) atoms. The van der Waals surface area contributed by atoms with Crippen LogP contribution in [0.1, 0.15) is 10.4 Å². The van der Waals surface area contributed by atoms with Gasteiger partial charge in [-0.3, -0.25) is 0 Å². The Bertz CT molecular complexity index is 595. The molecule has 0 fully saturated rings. The molecule has 1 aromatic carbocycles. The maximum atomic E-state index is 11.4. The van der Waals surface area contributed by atoms with Gasteiger partial charge in [-0.25, -0.2) is 13.2 Å². The van der Waals surface area contributed by atoms with Crippen LogP contribution in [0.15, 0.2) is 17.0 Å². The highest BCUT2D eigenvalue weighted by atomic mass is 35.7. The number of hydrogen-bond donors (Lipinski definition) is 0. The van der Waals surface area contributed by atoms with Gasteiger partial charge in [0.05, 0.1) is 12.7 Å². The van der Waals surface area contributed by atoms with Crippen molar-refractivity contribution in [3.8, 4) is 11.5 Å². The Morgan fingerprint density at radius 1 is 1.33 bits per heavy atom. The highest BCUT2D eigenvalue weighted by Gasteiger charge is 2.26. The molecular weight excluding hydrogens is 284 g/mol. The lowest BCUT2D eigenvalue weighted by molar-refractivity contribution is 0.0599. The van der Waals surface area contributed by atoms with E-state index >= 15 is 0 Å². The molecule has 0 bridgehead atoms. The van der Waals surface area contributed by atoms with Crippen molar-refractivity contribution in [1.29, 1.82) is 0 Å². The number of rotatable bonds is 2. The van der Waals surface area contributed by atoms with Gasteiger partial charge in [-0.2, -0.15) is 0 Å². The minimum Gasteiger partial charge on any atom is -0.486 e. The summed E-state index contributed by atoms with van der Waals surface area (Å²) in [6, 6.07) is 2.45. The Balaban J connectivity index is 2.66. The zero-order chi connectivity index (χ0) is 13.3. The lowest BCUT2D eigenvalue weighted by Gasteiger charge is -2.20. The Labute approximate surface area is 108 Å². The molecule has 0 atom stereocenters. The van der Waals surface area contributed by atoms with Crippen LogP contribution in [-0.4, -0.2) is 34.7 Å². The SMILES string of the molecule is COC(=O)c1cc2c(c(S(=O)(=O)Cl)c1)OCCO2. The molecule has 6 nitrogen and oxygen atoms in total. The van der Waals surface area contributed by atoms with E-state index in [0.29, 0.717) is 0 Å². The fourth-order valence-corrected chi connectivity index (χ4v) is 2.53. The number of halogens is 1. The first-order valence-electron chi connectivity index (χ1n) is 4.90. The molecule has 0 saturated carbocycles. The number of carbonyl (C=O) groups excluding carboxylic acids is 1. The minimum atomic E-state index is -4.05. The van der Waals surface area contributed by atoms with E-state index in [2.05, 4.69) is 4.74 Å². The zero-order valence-electron chi connectivity index (χ0n) is 9.30. The number of fused-ring (bicyclic) bond motifs is 1. The minimum absolute atomic E-state index is 0.0175. The van der Waals surface area contributed by atoms with Gasteiger partial charge < -0.3 is 14.2 Å². The molecule has 2 rings (SSSR count). The highest BCUT2D eigenvalue weighted by molar-refractivity contribution is 8.13. The molecule has 0 aromatic heterocycles. The first kappa shape index (κ1) is 13.0. The van der Waals surface area contributed by atoms with Crippen LogP contribution in [0.5, 0.6) is 11.5 Å². The van der Waals surface area contributed by atoms with Crippen LogP contribution in [0.2, 0.25) is 0 Å². The summed E-state index contributed by atoms with van der Waals surface area (Å²) >= 11 is 0. The van der Waals surface area contributed by atoms with E-state index in [0.717, 1.165) is 6.07 Å². The summed E-state index contributed by atoms with van der Waals surface area (Å²) < 4.78 is 37.9. The van der Waals surface area contributed by atoms with Gasteiger partial charge >= 0.3 is 5.97 Å². The average molecular weight is 293 g/mol. The molecule has 0 amide bonds. The smallest absolute Gasteiger partial charge is 0.338 e. The van der Waals surface area contributed by atoms with Crippen molar-refractivity contribution in [2.75, 3.05) is 20.3 Å². The van der Waals surface area contributed by atoms with Gasteiger partial charge in [-0.1, -0.05) is 0 Å². The Morgan fingerprint density at radius 2 is 2.00 bits per heavy atom. The molecule has 0 spiro atoms. The van der Waals surface area contributed by atoms with E-state index in [1.165, 1.54) is 13.2 Å². The van der Waals surface area contributed by atoms with Crippen LogP contribution >= 0.6 is 10.7 Å². The van der Waals surface area contributed by atoms with Gasteiger partial charge in [0.25, 0.3) is 9.05 Å². The van der Waals surface area contributed by atoms with Crippen molar-refractivity contribution in [3.63, 3.8) is 0 Å². The first-order chi connectivity index (χ1) is 8.43. The van der Waals surface area contributed by atoms with Crippen LogP contribution in [-0.2, 0) is 13.8 Å². The summed E-state index contributed by atoms with van der Waals surface area (Å²) in [5.41, 5.74) is 0.0287. The van der Waals surface area contributed by atoms with Crippen molar-refractivity contribution in [3.05, 3.63) is 17.7 Å². The predicted molar refractivity (Wildman–Crippen MR) is 61.8 cm³/mol. The Hall–Kier alpha value is -1.47. The molecular formula is C10H9ClO6S. The van der Waals surface area contributed by atoms with Gasteiger partial charge in [0.1, 0.15) is 18.1 Å². The highest BCUT2D eigenvalue weighted by Crippen LogP contribution is 2.39. The van der Waals surface area contributed by atoms with Crippen LogP contribution in [0.25, 0.3) is 0 Å². The molecule has 1 aromatic rings. The monoisotopic (exact) mass is 292 g/mol. The zero-order valence-corrected chi connectivity index (χ0v) is 10.9. The Morgan fingerprint density at radius 3 is 2.61 bits per heavy atom. The number of methoxy groups -OCH3 is 1. The summed E-state index contributed by atoms with van der Waals surface area (Å²) in [5.74, 6) is -0.513. The van der Waals surface area contributed by atoms with Crippen LogP contribution in [0.3, 0.4) is 0 Å². The molecule has 0 saturated heterocycles. The quantitative estimate of drug-likeness (QED) is 0.601. The molecule has 0 radical (unpaired) electrons. The topological polar surface area (TPSA) is 78.9 Å². The third-order valence-electron chi connectivity index (χ3n) is 2.29. The molecule has 1 aliphatic heterocycles. The van der Waals surface area contributed by atoms with Gasteiger partial charge in [0.15, 0.2) is 11.5 Å². The van der Waals surface area contributed by atoms with Crippen molar-refractivity contribution >= 4 is 25.7 Å². The summed E-state index contributed by atoms with van der Waals surface area (Å²) in [4.78, 5) is 11.1. The fourth-order valence-electron chi connectivity index (χ4n) is 1.54. The summed E-state index contributed by atoms with van der Waals surface area (Å²) in [6.07, 6.45) is 0. The molecule has 8 heteroatoms. The fraction of sp³-hybridized carbons (Fsp3) is 0.300. The first-order valence-corrected chi connectivity index (χ1v) is 7.21. The number of carbonyl (C=O) groups is 1. The van der Waals surface area contributed by atoms with E-state index in [9.17, 15) is 13.2 Å². The maximum absolute atomic E-state index is 11.4. The maximum Gasteiger partial charge on any atom is 0.338 e. The summed E-state index contributed by atoms with van der Waals surface area (Å²) in [5, 5.41) is 0. The second-order valence-electron chi connectivity index (χ2n) is 3.43. The predicted octanol–water partition coefficient (Wildman–Crippen LogP) is 1.17. The third-order valence-corrected chi connectivity index (χ3v) is 3.62. The van der Waals surface area contributed by atoms with E-state index in [1.54, 1.807) is 0 Å². The van der Waals surface area contributed by atoms with E-state index in [-0.39, 0.29) is 35.2 Å².